The highest BCUT2D eigenvalue weighted by atomic mass is 16.5. The molecule has 4 rings (SSSR count). The SMILES string of the molecule is N#Cc1cccc(-c2nccn2CCOc2cccc3cccnc23)c1. The standard InChI is InChI=1S/C21H16N4O/c22-15-16-4-1-6-18(14-16)21-24-10-11-25(21)12-13-26-19-8-2-5-17-7-3-9-23-20(17)19/h1-11,14H,12-13H2. The molecule has 0 saturated heterocycles. The van der Waals surface area contributed by atoms with Gasteiger partial charge in [0.25, 0.3) is 0 Å². The topological polar surface area (TPSA) is 63.7 Å². The highest BCUT2D eigenvalue weighted by Crippen LogP contribution is 2.23. The summed E-state index contributed by atoms with van der Waals surface area (Å²) in [5.74, 6) is 1.60. The molecule has 126 valence electrons. The Morgan fingerprint density at radius 1 is 1.00 bits per heavy atom. The molecule has 2 aromatic carbocycles. The van der Waals surface area contributed by atoms with E-state index in [1.807, 2.05) is 59.3 Å². The van der Waals surface area contributed by atoms with E-state index in [0.29, 0.717) is 18.7 Å². The second kappa shape index (κ2) is 7.08. The number of para-hydroxylation sites is 1. The summed E-state index contributed by atoms with van der Waals surface area (Å²) in [5.41, 5.74) is 2.40. The first-order valence-corrected chi connectivity index (χ1v) is 8.33. The Morgan fingerprint density at radius 3 is 2.81 bits per heavy atom. The van der Waals surface area contributed by atoms with Crippen LogP contribution in [-0.2, 0) is 6.54 Å². The summed E-state index contributed by atoms with van der Waals surface area (Å²) in [6.07, 6.45) is 5.44. The molecule has 2 aromatic heterocycles. The molecule has 2 heterocycles. The summed E-state index contributed by atoms with van der Waals surface area (Å²) in [5, 5.41) is 10.1. The summed E-state index contributed by atoms with van der Waals surface area (Å²) in [6.45, 7) is 1.15. The molecule has 0 spiro atoms. The average Bonchev–Trinajstić information content (AvgIpc) is 3.17. The maximum absolute atomic E-state index is 9.08. The van der Waals surface area contributed by atoms with Crippen molar-refractivity contribution in [1.29, 1.82) is 5.26 Å². The van der Waals surface area contributed by atoms with Gasteiger partial charge in [-0.1, -0.05) is 30.3 Å². The van der Waals surface area contributed by atoms with Crippen LogP contribution in [0.15, 0.2) is 73.2 Å². The molecule has 0 N–H and O–H groups in total. The summed E-state index contributed by atoms with van der Waals surface area (Å²) in [4.78, 5) is 8.83. The Labute approximate surface area is 151 Å². The number of nitriles is 1. The molecule has 0 atom stereocenters. The fourth-order valence-corrected chi connectivity index (χ4v) is 2.92. The number of imidazole rings is 1. The fraction of sp³-hybridized carbons (Fsp3) is 0.0952. The van der Waals surface area contributed by atoms with Gasteiger partial charge >= 0.3 is 0 Å². The van der Waals surface area contributed by atoms with Crippen molar-refractivity contribution in [3.8, 4) is 23.2 Å². The van der Waals surface area contributed by atoms with E-state index in [9.17, 15) is 0 Å². The van der Waals surface area contributed by atoms with E-state index in [1.54, 1.807) is 18.5 Å². The molecular weight excluding hydrogens is 324 g/mol. The van der Waals surface area contributed by atoms with Crippen molar-refractivity contribution in [2.24, 2.45) is 0 Å². The maximum Gasteiger partial charge on any atom is 0.145 e. The van der Waals surface area contributed by atoms with Crippen LogP contribution in [0.25, 0.3) is 22.3 Å². The zero-order chi connectivity index (χ0) is 17.8. The molecule has 0 bridgehead atoms. The first kappa shape index (κ1) is 15.9. The van der Waals surface area contributed by atoms with Crippen LogP contribution in [0.1, 0.15) is 5.56 Å². The molecule has 0 unspecified atom stereocenters. The third-order valence-electron chi connectivity index (χ3n) is 4.15. The molecule has 5 heteroatoms. The van der Waals surface area contributed by atoms with Crippen molar-refractivity contribution in [2.45, 2.75) is 6.54 Å². The summed E-state index contributed by atoms with van der Waals surface area (Å²) in [6, 6.07) is 19.5. The monoisotopic (exact) mass is 340 g/mol. The van der Waals surface area contributed by atoms with E-state index >= 15 is 0 Å². The molecule has 0 amide bonds. The van der Waals surface area contributed by atoms with Crippen molar-refractivity contribution in [2.75, 3.05) is 6.61 Å². The van der Waals surface area contributed by atoms with Gasteiger partial charge in [-0.25, -0.2) is 4.98 Å². The van der Waals surface area contributed by atoms with Crippen LogP contribution < -0.4 is 4.74 Å². The second-order valence-electron chi connectivity index (χ2n) is 5.82. The largest absolute Gasteiger partial charge is 0.489 e. The second-order valence-corrected chi connectivity index (χ2v) is 5.82. The summed E-state index contributed by atoms with van der Waals surface area (Å²) < 4.78 is 7.99. The van der Waals surface area contributed by atoms with Crippen LogP contribution >= 0.6 is 0 Å². The fourth-order valence-electron chi connectivity index (χ4n) is 2.92. The number of aromatic nitrogens is 3. The lowest BCUT2D eigenvalue weighted by atomic mass is 10.1. The zero-order valence-corrected chi connectivity index (χ0v) is 14.0. The van der Waals surface area contributed by atoms with Gasteiger partial charge in [0.2, 0.25) is 0 Å². The third-order valence-corrected chi connectivity index (χ3v) is 4.15. The molecule has 0 radical (unpaired) electrons. The van der Waals surface area contributed by atoms with Crippen LogP contribution in [0.5, 0.6) is 5.75 Å². The molecule has 0 aliphatic rings. The highest BCUT2D eigenvalue weighted by molar-refractivity contribution is 5.84. The van der Waals surface area contributed by atoms with Gasteiger partial charge in [0.05, 0.1) is 18.2 Å². The van der Waals surface area contributed by atoms with Gasteiger partial charge in [-0.2, -0.15) is 5.26 Å². The first-order chi connectivity index (χ1) is 12.8. The molecule has 0 fully saturated rings. The molecule has 5 nitrogen and oxygen atoms in total. The minimum atomic E-state index is 0.497. The Bertz CT molecular complexity index is 1090. The third kappa shape index (κ3) is 3.13. The van der Waals surface area contributed by atoms with Gasteiger partial charge in [-0.15, -0.1) is 0 Å². The molecular formula is C21H16N4O. The van der Waals surface area contributed by atoms with Crippen molar-refractivity contribution < 1.29 is 4.74 Å². The van der Waals surface area contributed by atoms with E-state index in [0.717, 1.165) is 28.0 Å². The Kier molecular flexibility index (Phi) is 4.31. The minimum absolute atomic E-state index is 0.497. The normalized spacial score (nSPS) is 10.6. The van der Waals surface area contributed by atoms with Gasteiger partial charge in [0.15, 0.2) is 0 Å². The van der Waals surface area contributed by atoms with E-state index < -0.39 is 0 Å². The molecule has 4 aromatic rings. The quantitative estimate of drug-likeness (QED) is 0.550. The number of ether oxygens (including phenoxy) is 1. The molecule has 26 heavy (non-hydrogen) atoms. The Balaban J connectivity index is 1.51. The number of fused-ring (bicyclic) bond motifs is 1. The van der Waals surface area contributed by atoms with Gasteiger partial charge in [0.1, 0.15) is 23.7 Å². The van der Waals surface area contributed by atoms with E-state index in [1.165, 1.54) is 0 Å². The van der Waals surface area contributed by atoms with E-state index in [2.05, 4.69) is 16.0 Å². The lowest BCUT2D eigenvalue weighted by Crippen LogP contribution is -2.09. The van der Waals surface area contributed by atoms with Crippen LogP contribution in [0.4, 0.5) is 0 Å². The van der Waals surface area contributed by atoms with E-state index in [4.69, 9.17) is 10.00 Å². The molecule has 0 saturated carbocycles. The first-order valence-electron chi connectivity index (χ1n) is 8.33. The molecule has 0 aliphatic heterocycles. The smallest absolute Gasteiger partial charge is 0.145 e. The van der Waals surface area contributed by atoms with Crippen molar-refractivity contribution in [1.82, 2.24) is 14.5 Å². The van der Waals surface area contributed by atoms with Crippen LogP contribution in [0, 0.1) is 11.3 Å². The van der Waals surface area contributed by atoms with Crippen LogP contribution in [0.3, 0.4) is 0 Å². The number of benzene rings is 2. The average molecular weight is 340 g/mol. The Morgan fingerprint density at radius 2 is 1.88 bits per heavy atom. The zero-order valence-electron chi connectivity index (χ0n) is 14.0. The lowest BCUT2D eigenvalue weighted by molar-refractivity contribution is 0.302. The molecule has 0 aliphatic carbocycles. The number of pyridine rings is 1. The lowest BCUT2D eigenvalue weighted by Gasteiger charge is -2.11. The summed E-state index contributed by atoms with van der Waals surface area (Å²) >= 11 is 0. The van der Waals surface area contributed by atoms with Crippen LogP contribution in [0.2, 0.25) is 0 Å². The number of hydrogen-bond donors (Lipinski definition) is 0. The van der Waals surface area contributed by atoms with E-state index in [-0.39, 0.29) is 0 Å². The number of rotatable bonds is 5. The van der Waals surface area contributed by atoms with Gasteiger partial charge < -0.3 is 9.30 Å². The van der Waals surface area contributed by atoms with Gasteiger partial charge in [-0.05, 0) is 24.3 Å². The minimum Gasteiger partial charge on any atom is -0.489 e. The number of hydrogen-bond acceptors (Lipinski definition) is 4. The van der Waals surface area contributed by atoms with Crippen molar-refractivity contribution in [3.63, 3.8) is 0 Å². The maximum atomic E-state index is 9.08. The van der Waals surface area contributed by atoms with Crippen LogP contribution in [-0.4, -0.2) is 21.1 Å². The van der Waals surface area contributed by atoms with Gasteiger partial charge in [-0.3, -0.25) is 4.98 Å². The number of nitrogens with zero attached hydrogens (tertiary/aromatic N) is 4. The van der Waals surface area contributed by atoms with Crippen molar-refractivity contribution in [3.05, 3.63) is 78.8 Å². The predicted molar refractivity (Wildman–Crippen MR) is 99.6 cm³/mol. The summed E-state index contributed by atoms with van der Waals surface area (Å²) in [7, 11) is 0. The van der Waals surface area contributed by atoms with Crippen molar-refractivity contribution >= 4 is 10.9 Å². The predicted octanol–water partition coefficient (Wildman–Crippen LogP) is 4.05. The Hall–Kier alpha value is -3.65. The highest BCUT2D eigenvalue weighted by Gasteiger charge is 2.08. The van der Waals surface area contributed by atoms with Gasteiger partial charge in [0, 0.05) is 29.5 Å².